The SMILES string of the molecule is CCOC(=O)C(C)(CC(C)C)P(=O)(CSc1ccccc1)OCC. The summed E-state index contributed by atoms with van der Waals surface area (Å²) in [6, 6.07) is 9.74. The standard InChI is InChI=1S/C18H29O4PS/c1-6-21-17(19)18(5,13-15(3)4)23(20,22-7-2)14-24-16-11-9-8-10-12-16/h8-12,15H,6-7,13-14H2,1-5H3. The molecule has 1 rings (SSSR count). The third-order valence-electron chi connectivity index (χ3n) is 3.75. The molecule has 2 atom stereocenters. The topological polar surface area (TPSA) is 52.6 Å². The Morgan fingerprint density at radius 1 is 1.21 bits per heavy atom. The first-order chi connectivity index (χ1) is 11.3. The number of rotatable bonds is 10. The van der Waals surface area contributed by atoms with Crippen molar-refractivity contribution in [3.8, 4) is 0 Å². The Labute approximate surface area is 150 Å². The molecule has 0 aliphatic heterocycles. The zero-order chi connectivity index (χ0) is 18.2. The van der Waals surface area contributed by atoms with Gasteiger partial charge in [0.1, 0.15) is 5.16 Å². The van der Waals surface area contributed by atoms with Crippen LogP contribution in [0.1, 0.15) is 41.0 Å². The number of thioether (sulfide) groups is 1. The van der Waals surface area contributed by atoms with Gasteiger partial charge in [0.2, 0.25) is 7.37 Å². The highest BCUT2D eigenvalue weighted by molar-refractivity contribution is 8.05. The number of benzene rings is 1. The molecule has 0 aromatic heterocycles. The molecule has 0 N–H and O–H groups in total. The summed E-state index contributed by atoms with van der Waals surface area (Å²) >= 11 is 1.46. The van der Waals surface area contributed by atoms with Gasteiger partial charge in [0.05, 0.1) is 18.7 Å². The summed E-state index contributed by atoms with van der Waals surface area (Å²) < 4.78 is 24.7. The van der Waals surface area contributed by atoms with E-state index in [1.807, 2.05) is 44.2 Å². The fourth-order valence-electron chi connectivity index (χ4n) is 2.65. The van der Waals surface area contributed by atoms with Crippen molar-refractivity contribution in [1.82, 2.24) is 0 Å². The number of esters is 1. The lowest BCUT2D eigenvalue weighted by Gasteiger charge is -2.36. The summed E-state index contributed by atoms with van der Waals surface area (Å²) in [5.74, 6) is -0.223. The fourth-order valence-corrected chi connectivity index (χ4v) is 7.40. The lowest BCUT2D eigenvalue weighted by molar-refractivity contribution is -0.146. The molecule has 0 saturated heterocycles. The molecule has 1 aromatic carbocycles. The van der Waals surface area contributed by atoms with E-state index in [9.17, 15) is 9.36 Å². The van der Waals surface area contributed by atoms with E-state index in [4.69, 9.17) is 9.26 Å². The molecule has 1 aromatic rings. The minimum atomic E-state index is -3.26. The Morgan fingerprint density at radius 3 is 2.33 bits per heavy atom. The maximum atomic E-state index is 13.7. The predicted molar refractivity (Wildman–Crippen MR) is 101 cm³/mol. The first kappa shape index (κ1) is 21.3. The summed E-state index contributed by atoms with van der Waals surface area (Å²) in [5, 5.41) is -1.13. The second-order valence-electron chi connectivity index (χ2n) is 6.27. The van der Waals surface area contributed by atoms with Crippen molar-refractivity contribution in [2.75, 3.05) is 18.7 Å². The maximum absolute atomic E-state index is 13.7. The third kappa shape index (κ3) is 5.37. The molecule has 2 unspecified atom stereocenters. The van der Waals surface area contributed by atoms with Crippen LogP contribution in [0.4, 0.5) is 0 Å². The van der Waals surface area contributed by atoms with Gasteiger partial charge >= 0.3 is 5.97 Å². The van der Waals surface area contributed by atoms with Crippen LogP contribution in [0, 0.1) is 5.92 Å². The zero-order valence-corrected chi connectivity index (χ0v) is 17.0. The van der Waals surface area contributed by atoms with E-state index in [1.165, 1.54) is 11.8 Å². The average molecular weight is 372 g/mol. The van der Waals surface area contributed by atoms with Gasteiger partial charge in [-0.1, -0.05) is 32.0 Å². The zero-order valence-electron chi connectivity index (χ0n) is 15.3. The van der Waals surface area contributed by atoms with Gasteiger partial charge in [0, 0.05) is 4.90 Å². The lowest BCUT2D eigenvalue weighted by atomic mass is 9.98. The molecule has 0 saturated carbocycles. The monoisotopic (exact) mass is 372 g/mol. The molecular formula is C18H29O4PS. The summed E-state index contributed by atoms with van der Waals surface area (Å²) in [6.07, 6.45) is 0.471. The first-order valence-electron chi connectivity index (χ1n) is 8.37. The number of carbonyl (C=O) groups excluding carboxylic acids is 1. The second kappa shape index (κ2) is 9.65. The van der Waals surface area contributed by atoms with E-state index in [1.54, 1.807) is 20.8 Å². The van der Waals surface area contributed by atoms with E-state index >= 15 is 0 Å². The van der Waals surface area contributed by atoms with Crippen molar-refractivity contribution in [2.24, 2.45) is 5.92 Å². The van der Waals surface area contributed by atoms with Gasteiger partial charge in [-0.2, -0.15) is 0 Å². The number of ether oxygens (including phenoxy) is 1. The molecule has 6 heteroatoms. The number of carbonyl (C=O) groups is 1. The Hall–Kier alpha value is -0.770. The predicted octanol–water partition coefficient (Wildman–Crippen LogP) is 5.42. The highest BCUT2D eigenvalue weighted by Gasteiger charge is 2.52. The molecule has 0 amide bonds. The molecule has 0 heterocycles. The molecule has 0 aliphatic carbocycles. The highest BCUT2D eigenvalue weighted by atomic mass is 32.2. The van der Waals surface area contributed by atoms with Crippen molar-refractivity contribution in [1.29, 1.82) is 0 Å². The van der Waals surface area contributed by atoms with Crippen LogP contribution < -0.4 is 0 Å². The van der Waals surface area contributed by atoms with Gasteiger partial charge < -0.3 is 9.26 Å². The molecule has 4 nitrogen and oxygen atoms in total. The lowest BCUT2D eigenvalue weighted by Crippen LogP contribution is -2.39. The largest absolute Gasteiger partial charge is 0.465 e. The van der Waals surface area contributed by atoms with E-state index in [0.717, 1.165) is 4.90 Å². The summed E-state index contributed by atoms with van der Waals surface area (Å²) in [6.45, 7) is 9.90. The van der Waals surface area contributed by atoms with Crippen molar-refractivity contribution in [3.05, 3.63) is 30.3 Å². The average Bonchev–Trinajstić information content (AvgIpc) is 2.53. The smallest absolute Gasteiger partial charge is 0.321 e. The Balaban J connectivity index is 3.12. The molecule has 24 heavy (non-hydrogen) atoms. The Kier molecular flexibility index (Phi) is 8.55. The molecule has 0 aliphatic rings. The number of hydrogen-bond acceptors (Lipinski definition) is 5. The van der Waals surface area contributed by atoms with Crippen LogP contribution in [0.5, 0.6) is 0 Å². The molecule has 136 valence electrons. The summed E-state index contributed by atoms with van der Waals surface area (Å²) in [5.41, 5.74) is 0.257. The normalized spacial score (nSPS) is 16.4. The van der Waals surface area contributed by atoms with E-state index in [-0.39, 0.29) is 18.0 Å². The molecule has 0 bridgehead atoms. The van der Waals surface area contributed by atoms with Gasteiger partial charge in [-0.3, -0.25) is 9.36 Å². The van der Waals surface area contributed by atoms with E-state index in [0.29, 0.717) is 13.0 Å². The van der Waals surface area contributed by atoms with Gasteiger partial charge in [-0.15, -0.1) is 11.8 Å². The van der Waals surface area contributed by atoms with Crippen LogP contribution in [-0.4, -0.2) is 29.8 Å². The first-order valence-corrected chi connectivity index (χ1v) is 11.2. The Bertz CT molecular complexity index is 561. The van der Waals surface area contributed by atoms with Gasteiger partial charge in [0.15, 0.2) is 0 Å². The number of hydrogen-bond donors (Lipinski definition) is 0. The maximum Gasteiger partial charge on any atom is 0.321 e. The van der Waals surface area contributed by atoms with Crippen LogP contribution in [0.2, 0.25) is 0 Å². The molecule has 0 radical (unpaired) electrons. The molecule has 0 fully saturated rings. The quantitative estimate of drug-likeness (QED) is 0.312. The molecule has 0 spiro atoms. The third-order valence-corrected chi connectivity index (χ3v) is 8.78. The van der Waals surface area contributed by atoms with Gasteiger partial charge in [0.25, 0.3) is 0 Å². The van der Waals surface area contributed by atoms with Crippen molar-refractivity contribution in [3.63, 3.8) is 0 Å². The van der Waals surface area contributed by atoms with Crippen LogP contribution in [0.15, 0.2) is 35.2 Å². The van der Waals surface area contributed by atoms with Crippen LogP contribution in [0.3, 0.4) is 0 Å². The fraction of sp³-hybridized carbons (Fsp3) is 0.611. The summed E-state index contributed by atoms with van der Waals surface area (Å²) in [7, 11) is -3.26. The highest BCUT2D eigenvalue weighted by Crippen LogP contribution is 2.64. The van der Waals surface area contributed by atoms with Gasteiger partial charge in [-0.25, -0.2) is 0 Å². The minimum Gasteiger partial charge on any atom is -0.465 e. The minimum absolute atomic E-state index is 0.204. The van der Waals surface area contributed by atoms with Gasteiger partial charge in [-0.05, 0) is 45.2 Å². The van der Waals surface area contributed by atoms with Crippen molar-refractivity contribution in [2.45, 2.75) is 51.1 Å². The Morgan fingerprint density at radius 2 is 1.83 bits per heavy atom. The second-order valence-corrected chi connectivity index (χ2v) is 10.7. The van der Waals surface area contributed by atoms with Crippen molar-refractivity contribution >= 4 is 25.1 Å². The van der Waals surface area contributed by atoms with Crippen LogP contribution >= 0.6 is 19.1 Å². The van der Waals surface area contributed by atoms with E-state index < -0.39 is 18.5 Å². The van der Waals surface area contributed by atoms with E-state index in [2.05, 4.69) is 0 Å². The summed E-state index contributed by atoms with van der Waals surface area (Å²) in [4.78, 5) is 13.7. The molecular weight excluding hydrogens is 343 g/mol. The van der Waals surface area contributed by atoms with Crippen LogP contribution in [0.25, 0.3) is 0 Å². The van der Waals surface area contributed by atoms with Crippen molar-refractivity contribution < 1.29 is 18.6 Å². The van der Waals surface area contributed by atoms with Crippen LogP contribution in [-0.2, 0) is 18.6 Å².